The molecule has 23 heteroatoms. The number of hydrogen-bond acceptors (Lipinski definition) is 22. The summed E-state index contributed by atoms with van der Waals surface area (Å²) in [5.74, 6) is -5.24. The quantitative estimate of drug-likeness (QED) is 0.0500. The van der Waals surface area contributed by atoms with Crippen LogP contribution in [0.2, 0.25) is 0 Å². The molecule has 16 N–H and O–H groups in total. The van der Waals surface area contributed by atoms with Crippen LogP contribution in [-0.4, -0.2) is 181 Å². The van der Waals surface area contributed by atoms with E-state index in [0.717, 1.165) is 36.4 Å². The molecule has 4 heterocycles. The predicted molar refractivity (Wildman–Crippen MR) is 207 cm³/mol. The molecule has 6 aromatic rings. The predicted octanol–water partition coefficient (Wildman–Crippen LogP) is -2.35. The summed E-state index contributed by atoms with van der Waals surface area (Å²) in [6.45, 7) is -1.46. The first-order valence-corrected chi connectivity index (χ1v) is 17.7. The molecule has 2 aromatic heterocycles. The van der Waals surface area contributed by atoms with E-state index >= 15 is 0 Å². The molecule has 0 radical (unpaired) electrons. The monoisotopic (exact) mass is 886 g/mol. The van der Waals surface area contributed by atoms with Crippen molar-refractivity contribution in [3.8, 4) is 46.0 Å². The summed E-state index contributed by atoms with van der Waals surface area (Å²) >= 11 is 0. The zero-order valence-electron chi connectivity index (χ0n) is 30.3. The number of phenols is 8. The summed E-state index contributed by atoms with van der Waals surface area (Å²) in [6, 6.07) is 5.80. The second kappa shape index (κ2) is 17.1. The van der Waals surface area contributed by atoms with Gasteiger partial charge in [0.1, 0.15) is 117 Å². The molecule has 0 aliphatic carbocycles. The molecule has 0 saturated carbocycles. The van der Waals surface area contributed by atoms with Gasteiger partial charge in [-0.15, -0.1) is 0 Å². The number of aliphatic hydroxyl groups is 8. The van der Waals surface area contributed by atoms with Crippen molar-refractivity contribution in [2.75, 3.05) is 13.2 Å². The van der Waals surface area contributed by atoms with Crippen molar-refractivity contribution in [1.82, 2.24) is 0 Å². The van der Waals surface area contributed by atoms with Gasteiger partial charge < -0.3 is 100 Å². The molecule has 2 saturated heterocycles. The van der Waals surface area contributed by atoms with E-state index in [4.69, 9.17) is 18.3 Å². The normalized spacial score (nSPS) is 26.6. The average molecular weight is 887 g/mol. The standard InChI is InChI=1S/2C19H18O11.Ca.2H/c2*20-4-11-15(25)17(27)18(28)19(30-11)12-8(23)3-10-13(16(12)26)14(24)5-1-6(21)7(22)2-9(5)29-10;;;/h2*1-3,11,15,17-23,25-28H,4H2;;;/t2*11-,15-,17+,18-,19+;;;/m11.../s1. The van der Waals surface area contributed by atoms with E-state index in [9.17, 15) is 91.3 Å². The van der Waals surface area contributed by atoms with Crippen LogP contribution in [0.4, 0.5) is 0 Å². The Labute approximate surface area is 368 Å². The van der Waals surface area contributed by atoms with Crippen LogP contribution in [0.15, 0.2) is 54.8 Å². The summed E-state index contributed by atoms with van der Waals surface area (Å²) in [5.41, 5.74) is -3.33. The van der Waals surface area contributed by atoms with Gasteiger partial charge in [0, 0.05) is 24.3 Å². The summed E-state index contributed by atoms with van der Waals surface area (Å²) in [5, 5.41) is 159. The number of aliphatic hydroxyl groups excluding tert-OH is 8. The third-order valence-electron chi connectivity index (χ3n) is 10.5. The van der Waals surface area contributed by atoms with Crippen molar-refractivity contribution in [2.45, 2.75) is 61.0 Å². The number of rotatable bonds is 4. The van der Waals surface area contributed by atoms with Gasteiger partial charge in [0.05, 0.1) is 35.1 Å². The molecule has 8 rings (SSSR count). The Kier molecular flexibility index (Phi) is 12.8. The molecule has 0 bridgehead atoms. The van der Waals surface area contributed by atoms with Gasteiger partial charge in [0.25, 0.3) is 0 Å². The Morgan fingerprint density at radius 3 is 1.07 bits per heavy atom. The summed E-state index contributed by atoms with van der Waals surface area (Å²) in [7, 11) is 0. The molecule has 0 unspecified atom stereocenters. The zero-order chi connectivity index (χ0) is 43.8. The fraction of sp³-hybridized carbons (Fsp3) is 0.316. The second-order valence-electron chi connectivity index (χ2n) is 14.1. The average Bonchev–Trinajstić information content (AvgIpc) is 3.19. The Bertz CT molecular complexity index is 2590. The van der Waals surface area contributed by atoms with Crippen molar-refractivity contribution in [3.63, 3.8) is 0 Å². The van der Waals surface area contributed by atoms with Crippen LogP contribution >= 0.6 is 0 Å². The molecule has 2 fully saturated rings. The van der Waals surface area contributed by atoms with Gasteiger partial charge in [-0.2, -0.15) is 0 Å². The molecular weight excluding hydrogens is 848 g/mol. The minimum absolute atomic E-state index is 0. The van der Waals surface area contributed by atoms with E-state index in [1.165, 1.54) is 0 Å². The van der Waals surface area contributed by atoms with Crippen molar-refractivity contribution in [2.24, 2.45) is 0 Å². The molecule has 0 amide bonds. The summed E-state index contributed by atoms with van der Waals surface area (Å²) in [4.78, 5) is 25.8. The van der Waals surface area contributed by atoms with E-state index in [1.807, 2.05) is 0 Å². The molecule has 324 valence electrons. The Morgan fingerprint density at radius 1 is 0.426 bits per heavy atom. The fourth-order valence-corrected chi connectivity index (χ4v) is 7.28. The molecule has 4 aromatic carbocycles. The third kappa shape index (κ3) is 7.58. The van der Waals surface area contributed by atoms with Crippen LogP contribution < -0.4 is 10.9 Å². The third-order valence-corrected chi connectivity index (χ3v) is 10.5. The van der Waals surface area contributed by atoms with Crippen LogP contribution in [0.25, 0.3) is 43.9 Å². The number of ether oxygens (including phenoxy) is 2. The van der Waals surface area contributed by atoms with Gasteiger partial charge in [-0.05, 0) is 12.1 Å². The molecule has 10 atom stereocenters. The molecule has 2 aliphatic heterocycles. The number of hydrogen-bond donors (Lipinski definition) is 16. The van der Waals surface area contributed by atoms with Crippen LogP contribution in [0.5, 0.6) is 46.0 Å². The topological polar surface area (TPSA) is 403 Å². The van der Waals surface area contributed by atoms with Crippen molar-refractivity contribution < 1.29 is 100 Å². The van der Waals surface area contributed by atoms with E-state index in [1.54, 1.807) is 0 Å². The van der Waals surface area contributed by atoms with Gasteiger partial charge in [0.2, 0.25) is 10.9 Å². The van der Waals surface area contributed by atoms with Gasteiger partial charge >= 0.3 is 37.7 Å². The molecular formula is C38H38CaO22. The van der Waals surface area contributed by atoms with Crippen LogP contribution in [0.3, 0.4) is 0 Å². The van der Waals surface area contributed by atoms with Crippen molar-refractivity contribution >= 4 is 81.6 Å². The fourth-order valence-electron chi connectivity index (χ4n) is 7.28. The summed E-state index contributed by atoms with van der Waals surface area (Å²) in [6.07, 6.45) is -16.3. The van der Waals surface area contributed by atoms with Gasteiger partial charge in [-0.1, -0.05) is 0 Å². The molecule has 61 heavy (non-hydrogen) atoms. The Morgan fingerprint density at radius 2 is 0.738 bits per heavy atom. The van der Waals surface area contributed by atoms with Crippen LogP contribution in [-0.2, 0) is 9.47 Å². The molecule has 0 spiro atoms. The maximum absolute atomic E-state index is 12.9. The maximum atomic E-state index is 12.9. The summed E-state index contributed by atoms with van der Waals surface area (Å²) < 4.78 is 21.6. The number of phenolic OH excluding ortho intramolecular Hbond substituents is 8. The van der Waals surface area contributed by atoms with Crippen LogP contribution in [0, 0.1) is 0 Å². The Balaban J connectivity index is 0.000000201. The molecule has 22 nitrogen and oxygen atoms in total. The van der Waals surface area contributed by atoms with Gasteiger partial charge in [0.15, 0.2) is 23.0 Å². The first-order chi connectivity index (χ1) is 28.3. The van der Waals surface area contributed by atoms with E-state index in [2.05, 4.69) is 0 Å². The van der Waals surface area contributed by atoms with Gasteiger partial charge in [-0.25, -0.2) is 0 Å². The SMILES string of the molecule is O=c1c2cc(O)c(O)cc2oc2cc(O)c([C@@H]3O[C@H](CO)[C@@H](O)[C@H](O)[C@H]3O)c(O)c12.O=c1c2cc(O)c(O)cc2oc2cc(O)c([C@@H]3O[C@H](CO)[C@@H](O)[C@H](O)[C@H]3O)c(O)c12.[CaH2]. The minimum atomic E-state index is -1.81. The first kappa shape index (κ1) is 45.6. The Hall–Kier alpha value is -4.92. The number of fused-ring (bicyclic) bond motifs is 4. The second-order valence-corrected chi connectivity index (χ2v) is 14.1. The van der Waals surface area contributed by atoms with E-state index < -0.39 is 153 Å². The number of aromatic hydroxyl groups is 8. The zero-order valence-corrected chi connectivity index (χ0v) is 30.3. The number of benzene rings is 4. The first-order valence-electron chi connectivity index (χ1n) is 17.7. The van der Waals surface area contributed by atoms with Gasteiger partial charge in [-0.3, -0.25) is 9.59 Å². The molecule has 2 aliphatic rings. The van der Waals surface area contributed by atoms with Crippen LogP contribution in [0.1, 0.15) is 23.3 Å². The van der Waals surface area contributed by atoms with E-state index in [0.29, 0.717) is 0 Å². The van der Waals surface area contributed by atoms with Crippen molar-refractivity contribution in [1.29, 1.82) is 0 Å². The van der Waals surface area contributed by atoms with E-state index in [-0.39, 0.29) is 70.8 Å². The van der Waals surface area contributed by atoms with Crippen molar-refractivity contribution in [3.05, 3.63) is 68.0 Å².